The maximum absolute atomic E-state index is 11.9. The molecule has 0 bridgehead atoms. The summed E-state index contributed by atoms with van der Waals surface area (Å²) in [5.74, 6) is 0.888. The van der Waals surface area contributed by atoms with Crippen molar-refractivity contribution >= 4 is 5.91 Å². The molecule has 0 aromatic carbocycles. The first kappa shape index (κ1) is 14.8. The van der Waals surface area contributed by atoms with Gasteiger partial charge >= 0.3 is 0 Å². The lowest BCUT2D eigenvalue weighted by molar-refractivity contribution is -0.121. The summed E-state index contributed by atoms with van der Waals surface area (Å²) in [6, 6.07) is 0.772. The Hall–Kier alpha value is -0.610. The van der Waals surface area contributed by atoms with Gasteiger partial charge in [0.1, 0.15) is 0 Å². The Morgan fingerprint density at radius 2 is 1.84 bits per heavy atom. The quantitative estimate of drug-likeness (QED) is 0.800. The highest BCUT2D eigenvalue weighted by Gasteiger charge is 2.21. The standard InChI is InChI=1S/C15H28N2O2/c1-12(13-5-3-2-4-6-13)16-11-15(18)17-14-7-9-19-10-8-14/h12-14,16H,2-11H2,1H3,(H,17,18)/t12-/m0/s1. The summed E-state index contributed by atoms with van der Waals surface area (Å²) in [4.78, 5) is 11.9. The molecule has 1 saturated carbocycles. The number of hydrogen-bond acceptors (Lipinski definition) is 3. The highest BCUT2D eigenvalue weighted by Crippen LogP contribution is 2.26. The number of carbonyl (C=O) groups excluding carboxylic acids is 1. The maximum Gasteiger partial charge on any atom is 0.234 e. The van der Waals surface area contributed by atoms with E-state index in [0.29, 0.717) is 18.6 Å². The zero-order valence-electron chi connectivity index (χ0n) is 12.1. The van der Waals surface area contributed by atoms with Crippen LogP contribution in [0.15, 0.2) is 0 Å². The van der Waals surface area contributed by atoms with Crippen molar-refractivity contribution in [1.29, 1.82) is 0 Å². The van der Waals surface area contributed by atoms with Crippen LogP contribution >= 0.6 is 0 Å². The minimum atomic E-state index is 0.134. The van der Waals surface area contributed by atoms with Crippen LogP contribution in [0.3, 0.4) is 0 Å². The van der Waals surface area contributed by atoms with Gasteiger partial charge in [-0.2, -0.15) is 0 Å². The fourth-order valence-electron chi connectivity index (χ4n) is 3.18. The second-order valence-electron chi connectivity index (χ2n) is 6.02. The summed E-state index contributed by atoms with van der Waals surface area (Å²) in [5.41, 5.74) is 0. The zero-order chi connectivity index (χ0) is 13.5. The lowest BCUT2D eigenvalue weighted by atomic mass is 9.84. The van der Waals surface area contributed by atoms with Crippen molar-refractivity contribution in [3.05, 3.63) is 0 Å². The third-order valence-corrected chi connectivity index (χ3v) is 4.53. The summed E-state index contributed by atoms with van der Waals surface area (Å²) in [5, 5.41) is 6.49. The van der Waals surface area contributed by atoms with Crippen molar-refractivity contribution < 1.29 is 9.53 Å². The van der Waals surface area contributed by atoms with Crippen LogP contribution in [0.5, 0.6) is 0 Å². The Balaban J connectivity index is 1.61. The van der Waals surface area contributed by atoms with Gasteiger partial charge in [-0.3, -0.25) is 4.79 Å². The molecule has 4 heteroatoms. The summed E-state index contributed by atoms with van der Waals surface area (Å²) < 4.78 is 5.29. The zero-order valence-corrected chi connectivity index (χ0v) is 12.1. The molecule has 2 fully saturated rings. The van der Waals surface area contributed by atoms with Crippen molar-refractivity contribution in [1.82, 2.24) is 10.6 Å². The highest BCUT2D eigenvalue weighted by atomic mass is 16.5. The molecule has 19 heavy (non-hydrogen) atoms. The summed E-state index contributed by atoms with van der Waals surface area (Å²) in [7, 11) is 0. The monoisotopic (exact) mass is 268 g/mol. The van der Waals surface area contributed by atoms with E-state index in [1.165, 1.54) is 32.1 Å². The molecule has 2 aliphatic rings. The lowest BCUT2D eigenvalue weighted by Crippen LogP contribution is -2.46. The molecule has 1 aliphatic carbocycles. The van der Waals surface area contributed by atoms with Gasteiger partial charge in [-0.25, -0.2) is 0 Å². The van der Waals surface area contributed by atoms with Crippen molar-refractivity contribution in [2.75, 3.05) is 19.8 Å². The topological polar surface area (TPSA) is 50.4 Å². The normalized spacial score (nSPS) is 24.1. The molecule has 0 aromatic heterocycles. The van der Waals surface area contributed by atoms with Gasteiger partial charge in [-0.1, -0.05) is 19.3 Å². The number of hydrogen-bond donors (Lipinski definition) is 2. The number of carbonyl (C=O) groups is 1. The van der Waals surface area contributed by atoms with E-state index in [2.05, 4.69) is 17.6 Å². The average Bonchev–Trinajstić information content (AvgIpc) is 2.47. The molecular formula is C15H28N2O2. The van der Waals surface area contributed by atoms with Crippen LogP contribution in [-0.2, 0) is 9.53 Å². The predicted molar refractivity (Wildman–Crippen MR) is 76.0 cm³/mol. The van der Waals surface area contributed by atoms with E-state index >= 15 is 0 Å². The minimum Gasteiger partial charge on any atom is -0.381 e. The molecule has 1 heterocycles. The Morgan fingerprint density at radius 3 is 2.53 bits per heavy atom. The number of rotatable bonds is 5. The SMILES string of the molecule is C[C@H](NCC(=O)NC1CCOCC1)C1CCCCC1. The van der Waals surface area contributed by atoms with Crippen molar-refractivity contribution in [2.24, 2.45) is 5.92 Å². The van der Waals surface area contributed by atoms with E-state index in [0.717, 1.165) is 32.0 Å². The Morgan fingerprint density at radius 1 is 1.16 bits per heavy atom. The number of nitrogens with one attached hydrogen (secondary N) is 2. The van der Waals surface area contributed by atoms with Gasteiger partial charge in [-0.15, -0.1) is 0 Å². The van der Waals surface area contributed by atoms with Crippen LogP contribution in [0.1, 0.15) is 51.9 Å². The molecule has 0 radical (unpaired) electrons. The van der Waals surface area contributed by atoms with E-state index < -0.39 is 0 Å². The van der Waals surface area contributed by atoms with Gasteiger partial charge in [0.2, 0.25) is 5.91 Å². The van der Waals surface area contributed by atoms with Gasteiger partial charge in [0, 0.05) is 25.3 Å². The third kappa shape index (κ3) is 5.11. The van der Waals surface area contributed by atoms with Crippen LogP contribution in [0.2, 0.25) is 0 Å². The van der Waals surface area contributed by atoms with Crippen LogP contribution in [0.4, 0.5) is 0 Å². The van der Waals surface area contributed by atoms with Gasteiger partial charge in [0.25, 0.3) is 0 Å². The highest BCUT2D eigenvalue weighted by molar-refractivity contribution is 5.78. The van der Waals surface area contributed by atoms with Crippen LogP contribution in [0.25, 0.3) is 0 Å². The number of ether oxygens (including phenoxy) is 1. The molecule has 110 valence electrons. The van der Waals surface area contributed by atoms with Crippen LogP contribution < -0.4 is 10.6 Å². The largest absolute Gasteiger partial charge is 0.381 e. The van der Waals surface area contributed by atoms with Crippen LogP contribution in [-0.4, -0.2) is 37.7 Å². The minimum absolute atomic E-state index is 0.134. The van der Waals surface area contributed by atoms with Crippen LogP contribution in [0, 0.1) is 5.92 Å². The molecule has 4 nitrogen and oxygen atoms in total. The van der Waals surface area contributed by atoms with Crippen molar-refractivity contribution in [3.8, 4) is 0 Å². The van der Waals surface area contributed by atoms with E-state index in [4.69, 9.17) is 4.74 Å². The lowest BCUT2D eigenvalue weighted by Gasteiger charge is -2.29. The van der Waals surface area contributed by atoms with Gasteiger partial charge in [0.15, 0.2) is 0 Å². The average molecular weight is 268 g/mol. The van der Waals surface area contributed by atoms with E-state index in [9.17, 15) is 4.79 Å². The van der Waals surface area contributed by atoms with Gasteiger partial charge in [0.05, 0.1) is 6.54 Å². The second-order valence-corrected chi connectivity index (χ2v) is 6.02. The molecule has 1 aliphatic heterocycles. The van der Waals surface area contributed by atoms with Gasteiger partial charge in [-0.05, 0) is 38.5 Å². The first-order valence-electron chi connectivity index (χ1n) is 7.86. The summed E-state index contributed by atoms with van der Waals surface area (Å²) in [6.07, 6.45) is 8.61. The second kappa shape index (κ2) is 7.85. The molecule has 1 amide bonds. The summed E-state index contributed by atoms with van der Waals surface area (Å²) in [6.45, 7) is 4.22. The van der Waals surface area contributed by atoms with E-state index in [-0.39, 0.29) is 5.91 Å². The third-order valence-electron chi connectivity index (χ3n) is 4.53. The van der Waals surface area contributed by atoms with Crippen molar-refractivity contribution in [2.45, 2.75) is 64.0 Å². The molecule has 2 N–H and O–H groups in total. The first-order chi connectivity index (χ1) is 9.25. The molecule has 2 rings (SSSR count). The van der Waals surface area contributed by atoms with E-state index in [1.54, 1.807) is 0 Å². The molecule has 0 aromatic rings. The van der Waals surface area contributed by atoms with Gasteiger partial charge < -0.3 is 15.4 Å². The first-order valence-corrected chi connectivity index (χ1v) is 7.86. The Bertz CT molecular complexity index is 271. The fourth-order valence-corrected chi connectivity index (χ4v) is 3.18. The molecule has 0 unspecified atom stereocenters. The molecule has 1 saturated heterocycles. The Labute approximate surface area is 116 Å². The van der Waals surface area contributed by atoms with E-state index in [1.807, 2.05) is 0 Å². The smallest absolute Gasteiger partial charge is 0.234 e. The number of amides is 1. The molecular weight excluding hydrogens is 240 g/mol. The predicted octanol–water partition coefficient (Wildman–Crippen LogP) is 1.84. The Kier molecular flexibility index (Phi) is 6.11. The fraction of sp³-hybridized carbons (Fsp3) is 0.933. The van der Waals surface area contributed by atoms with Crippen molar-refractivity contribution in [3.63, 3.8) is 0 Å². The summed E-state index contributed by atoms with van der Waals surface area (Å²) >= 11 is 0. The molecule has 0 spiro atoms. The molecule has 1 atom stereocenters. The maximum atomic E-state index is 11.9.